The number of hydrogen-bond donors (Lipinski definition) is 2. The maximum atomic E-state index is 12.1. The smallest absolute Gasteiger partial charge is 0.240 e. The van der Waals surface area contributed by atoms with E-state index in [1.165, 1.54) is 0 Å². The fraction of sp³-hybridized carbons (Fsp3) is 0.538. The second kappa shape index (κ2) is 6.35. The van der Waals surface area contributed by atoms with Crippen molar-refractivity contribution in [2.24, 2.45) is 11.8 Å². The first-order valence-corrected chi connectivity index (χ1v) is 8.66. The van der Waals surface area contributed by atoms with Crippen LogP contribution in [-0.4, -0.2) is 26.7 Å². The van der Waals surface area contributed by atoms with Gasteiger partial charge in [-0.05, 0) is 42.9 Å². The number of hydrogen-bond acceptors (Lipinski definition) is 3. The highest BCUT2D eigenvalue weighted by atomic mass is 79.9. The van der Waals surface area contributed by atoms with E-state index in [-0.39, 0.29) is 23.3 Å². The first-order chi connectivity index (χ1) is 9.03. The molecule has 0 saturated heterocycles. The lowest BCUT2D eigenvalue weighted by Crippen LogP contribution is -2.31. The Morgan fingerprint density at radius 1 is 1.32 bits per heavy atom. The van der Waals surface area contributed by atoms with E-state index in [4.69, 9.17) is 0 Å². The summed E-state index contributed by atoms with van der Waals surface area (Å²) in [5, 5.41) is 9.24. The number of nitrogens with one attached hydrogen (secondary N) is 1. The Bertz CT molecular complexity index is 532. The lowest BCUT2D eigenvalue weighted by atomic mass is 9.97. The standard InChI is InChI=1S/C13H18BrNO3S/c14-12-5-2-6-13(7-12)19(17,18)15-8-10-3-1-4-11(10)9-16/h2,5-7,10-11,15-16H,1,3-4,8-9H2. The van der Waals surface area contributed by atoms with E-state index in [2.05, 4.69) is 20.7 Å². The Kier molecular flexibility index (Phi) is 5.00. The average molecular weight is 348 g/mol. The SMILES string of the molecule is O=S(=O)(NCC1CCCC1CO)c1cccc(Br)c1. The van der Waals surface area contributed by atoms with E-state index in [1.54, 1.807) is 24.3 Å². The summed E-state index contributed by atoms with van der Waals surface area (Å²) in [6, 6.07) is 6.65. The molecule has 1 fully saturated rings. The van der Waals surface area contributed by atoms with Crippen molar-refractivity contribution in [2.75, 3.05) is 13.2 Å². The molecule has 106 valence electrons. The molecule has 2 atom stereocenters. The van der Waals surface area contributed by atoms with Crippen molar-refractivity contribution in [1.29, 1.82) is 0 Å². The molecule has 1 aliphatic carbocycles. The zero-order valence-corrected chi connectivity index (χ0v) is 13.0. The van der Waals surface area contributed by atoms with Gasteiger partial charge >= 0.3 is 0 Å². The third-order valence-electron chi connectivity index (χ3n) is 3.69. The molecule has 19 heavy (non-hydrogen) atoms. The summed E-state index contributed by atoms with van der Waals surface area (Å²) < 4.78 is 27.7. The Morgan fingerprint density at radius 3 is 2.74 bits per heavy atom. The lowest BCUT2D eigenvalue weighted by molar-refractivity contribution is 0.195. The van der Waals surface area contributed by atoms with Crippen LogP contribution in [0, 0.1) is 11.8 Å². The summed E-state index contributed by atoms with van der Waals surface area (Å²) in [5.41, 5.74) is 0. The van der Waals surface area contributed by atoms with Crippen molar-refractivity contribution in [3.8, 4) is 0 Å². The highest BCUT2D eigenvalue weighted by Crippen LogP contribution is 2.31. The van der Waals surface area contributed by atoms with Crippen LogP contribution in [-0.2, 0) is 10.0 Å². The summed E-state index contributed by atoms with van der Waals surface area (Å²) in [6.45, 7) is 0.545. The number of halogens is 1. The van der Waals surface area contributed by atoms with Crippen molar-refractivity contribution < 1.29 is 13.5 Å². The van der Waals surface area contributed by atoms with Gasteiger partial charge in [-0.25, -0.2) is 13.1 Å². The minimum absolute atomic E-state index is 0.142. The highest BCUT2D eigenvalue weighted by molar-refractivity contribution is 9.10. The van der Waals surface area contributed by atoms with Crippen LogP contribution in [0.3, 0.4) is 0 Å². The zero-order chi connectivity index (χ0) is 13.9. The van der Waals surface area contributed by atoms with Gasteiger partial charge in [-0.3, -0.25) is 0 Å². The number of benzene rings is 1. The third-order valence-corrected chi connectivity index (χ3v) is 5.61. The number of aliphatic hydroxyl groups excluding tert-OH is 1. The molecule has 0 spiro atoms. The van der Waals surface area contributed by atoms with Crippen LogP contribution in [0.15, 0.2) is 33.6 Å². The van der Waals surface area contributed by atoms with E-state index < -0.39 is 10.0 Å². The zero-order valence-electron chi connectivity index (χ0n) is 10.5. The van der Waals surface area contributed by atoms with Gasteiger partial charge in [0.05, 0.1) is 4.90 Å². The van der Waals surface area contributed by atoms with Gasteiger partial charge in [-0.2, -0.15) is 0 Å². The van der Waals surface area contributed by atoms with Gasteiger partial charge in [0.15, 0.2) is 0 Å². The maximum Gasteiger partial charge on any atom is 0.240 e. The van der Waals surface area contributed by atoms with Crippen molar-refractivity contribution in [1.82, 2.24) is 4.72 Å². The molecule has 0 aliphatic heterocycles. The van der Waals surface area contributed by atoms with Gasteiger partial charge in [0.1, 0.15) is 0 Å². The van der Waals surface area contributed by atoms with Gasteiger partial charge < -0.3 is 5.11 Å². The summed E-state index contributed by atoms with van der Waals surface area (Å²) in [4.78, 5) is 0.264. The molecule has 0 amide bonds. The predicted molar refractivity (Wildman–Crippen MR) is 77.2 cm³/mol. The molecule has 2 rings (SSSR count). The van der Waals surface area contributed by atoms with Crippen molar-refractivity contribution in [3.63, 3.8) is 0 Å². The minimum atomic E-state index is -3.46. The maximum absolute atomic E-state index is 12.1. The quantitative estimate of drug-likeness (QED) is 0.857. The van der Waals surface area contributed by atoms with Crippen molar-refractivity contribution in [3.05, 3.63) is 28.7 Å². The van der Waals surface area contributed by atoms with E-state index in [0.29, 0.717) is 6.54 Å². The Hall–Kier alpha value is -0.430. The van der Waals surface area contributed by atoms with Crippen molar-refractivity contribution >= 4 is 26.0 Å². The second-order valence-electron chi connectivity index (χ2n) is 4.94. The lowest BCUT2D eigenvalue weighted by Gasteiger charge is -2.17. The molecule has 6 heteroatoms. The molecule has 0 radical (unpaired) electrons. The Morgan fingerprint density at radius 2 is 2.05 bits per heavy atom. The topological polar surface area (TPSA) is 66.4 Å². The first-order valence-electron chi connectivity index (χ1n) is 6.39. The van der Waals surface area contributed by atoms with Crippen molar-refractivity contribution in [2.45, 2.75) is 24.2 Å². The molecule has 4 nitrogen and oxygen atoms in total. The molecule has 1 saturated carbocycles. The number of rotatable bonds is 5. The highest BCUT2D eigenvalue weighted by Gasteiger charge is 2.28. The van der Waals surface area contributed by atoms with Crippen LogP contribution >= 0.6 is 15.9 Å². The van der Waals surface area contributed by atoms with Gasteiger partial charge in [-0.15, -0.1) is 0 Å². The molecular formula is C13H18BrNO3S. The van der Waals surface area contributed by atoms with Crippen LogP contribution in [0.2, 0.25) is 0 Å². The number of sulfonamides is 1. The monoisotopic (exact) mass is 347 g/mol. The van der Waals surface area contributed by atoms with Crippen LogP contribution in [0.25, 0.3) is 0 Å². The molecule has 1 aromatic rings. The third kappa shape index (κ3) is 3.78. The van der Waals surface area contributed by atoms with Crippen LogP contribution in [0.1, 0.15) is 19.3 Å². The Balaban J connectivity index is 2.02. The minimum Gasteiger partial charge on any atom is -0.396 e. The predicted octanol–water partition coefficient (Wildman–Crippen LogP) is 2.14. The molecular weight excluding hydrogens is 330 g/mol. The largest absolute Gasteiger partial charge is 0.396 e. The van der Waals surface area contributed by atoms with Gasteiger partial charge in [-0.1, -0.05) is 28.4 Å². The van der Waals surface area contributed by atoms with Gasteiger partial charge in [0.25, 0.3) is 0 Å². The Labute approximate surface area is 122 Å². The van der Waals surface area contributed by atoms with Crippen LogP contribution < -0.4 is 4.72 Å². The van der Waals surface area contributed by atoms with E-state index in [1.807, 2.05) is 0 Å². The molecule has 1 aromatic carbocycles. The van der Waals surface area contributed by atoms with Crippen LogP contribution in [0.4, 0.5) is 0 Å². The van der Waals surface area contributed by atoms with Gasteiger partial charge in [0, 0.05) is 17.6 Å². The summed E-state index contributed by atoms with van der Waals surface area (Å²) in [6.07, 6.45) is 3.03. The fourth-order valence-electron chi connectivity index (χ4n) is 2.56. The molecule has 2 unspecified atom stereocenters. The summed E-state index contributed by atoms with van der Waals surface area (Å²) in [7, 11) is -3.46. The average Bonchev–Trinajstić information content (AvgIpc) is 2.84. The fourth-order valence-corrected chi connectivity index (χ4v) is 4.25. The van der Waals surface area contributed by atoms with Crippen LogP contribution in [0.5, 0.6) is 0 Å². The first kappa shape index (κ1) is 15.0. The molecule has 0 bridgehead atoms. The summed E-state index contributed by atoms with van der Waals surface area (Å²) >= 11 is 3.27. The molecule has 0 heterocycles. The van der Waals surface area contributed by atoms with E-state index in [9.17, 15) is 13.5 Å². The molecule has 1 aliphatic rings. The molecule has 0 aromatic heterocycles. The number of aliphatic hydroxyl groups is 1. The van der Waals surface area contributed by atoms with E-state index in [0.717, 1.165) is 23.7 Å². The summed E-state index contributed by atoms with van der Waals surface area (Å²) in [5.74, 6) is 0.470. The van der Waals surface area contributed by atoms with Gasteiger partial charge in [0.2, 0.25) is 10.0 Å². The van der Waals surface area contributed by atoms with E-state index >= 15 is 0 Å². The second-order valence-corrected chi connectivity index (χ2v) is 7.63. The molecule has 2 N–H and O–H groups in total. The normalized spacial score (nSPS) is 23.7.